The number of amides is 1. The summed E-state index contributed by atoms with van der Waals surface area (Å²) in [5.74, 6) is 0.451. The number of aryl methyl sites for hydroxylation is 1. The highest BCUT2D eigenvalue weighted by Gasteiger charge is 2.29. The van der Waals surface area contributed by atoms with Crippen LogP contribution in [0.4, 0.5) is 0 Å². The van der Waals surface area contributed by atoms with Crippen LogP contribution in [0.3, 0.4) is 0 Å². The number of fused-ring (bicyclic) bond motifs is 1. The van der Waals surface area contributed by atoms with Crippen LogP contribution >= 0.6 is 0 Å². The fourth-order valence-corrected chi connectivity index (χ4v) is 3.75. The second-order valence-electron chi connectivity index (χ2n) is 7.50. The van der Waals surface area contributed by atoms with E-state index in [1.54, 1.807) is 0 Å². The fourth-order valence-electron chi connectivity index (χ4n) is 3.75. The molecule has 1 amide bonds. The molecule has 25 heavy (non-hydrogen) atoms. The van der Waals surface area contributed by atoms with Crippen LogP contribution in [-0.4, -0.2) is 47.1 Å². The molecular formula is C19H26N4O2. The predicted octanol–water partition coefficient (Wildman–Crippen LogP) is 2.88. The van der Waals surface area contributed by atoms with Crippen LogP contribution in [0.15, 0.2) is 10.6 Å². The molecule has 1 saturated heterocycles. The molecule has 2 aromatic rings. The zero-order valence-corrected chi connectivity index (χ0v) is 15.0. The van der Waals surface area contributed by atoms with Crippen molar-refractivity contribution in [2.45, 2.75) is 57.4 Å². The minimum atomic E-state index is -0.0184. The Morgan fingerprint density at radius 3 is 2.96 bits per heavy atom. The van der Waals surface area contributed by atoms with Crippen LogP contribution in [0.25, 0.3) is 11.1 Å². The average Bonchev–Trinajstić information content (AvgIpc) is 3.37. The van der Waals surface area contributed by atoms with E-state index in [4.69, 9.17) is 4.52 Å². The van der Waals surface area contributed by atoms with Gasteiger partial charge in [0.25, 0.3) is 11.6 Å². The predicted molar refractivity (Wildman–Crippen MR) is 95.8 cm³/mol. The SMILES string of the molecule is CCCc1noc2nc(C3CC3)cc(C(=O)NC3CCCN(C)C3)c12. The maximum absolute atomic E-state index is 13.1. The molecule has 6 heteroatoms. The zero-order valence-electron chi connectivity index (χ0n) is 15.0. The number of piperidine rings is 1. The minimum absolute atomic E-state index is 0.0184. The van der Waals surface area contributed by atoms with E-state index in [1.165, 1.54) is 0 Å². The summed E-state index contributed by atoms with van der Waals surface area (Å²) < 4.78 is 5.47. The van der Waals surface area contributed by atoms with E-state index < -0.39 is 0 Å². The second-order valence-corrected chi connectivity index (χ2v) is 7.50. The van der Waals surface area contributed by atoms with Gasteiger partial charge >= 0.3 is 0 Å². The molecule has 0 bridgehead atoms. The number of aromatic nitrogens is 2. The molecule has 2 aliphatic rings. The monoisotopic (exact) mass is 342 g/mol. The van der Waals surface area contributed by atoms with Crippen molar-refractivity contribution in [3.8, 4) is 0 Å². The average molecular weight is 342 g/mol. The highest BCUT2D eigenvalue weighted by Crippen LogP contribution is 2.40. The minimum Gasteiger partial charge on any atom is -0.348 e. The van der Waals surface area contributed by atoms with Crippen molar-refractivity contribution >= 4 is 17.0 Å². The van der Waals surface area contributed by atoms with Crippen LogP contribution < -0.4 is 5.32 Å². The quantitative estimate of drug-likeness (QED) is 0.905. The van der Waals surface area contributed by atoms with Gasteiger partial charge in [0.1, 0.15) is 0 Å². The van der Waals surface area contributed by atoms with Crippen LogP contribution in [0.2, 0.25) is 0 Å². The van der Waals surface area contributed by atoms with Gasteiger partial charge in [-0.25, -0.2) is 4.98 Å². The number of likely N-dealkylation sites (N-methyl/N-ethyl adjacent to an activating group) is 1. The highest BCUT2D eigenvalue weighted by molar-refractivity contribution is 6.06. The third-order valence-electron chi connectivity index (χ3n) is 5.22. The van der Waals surface area contributed by atoms with Gasteiger partial charge in [-0.05, 0) is 51.8 Å². The van der Waals surface area contributed by atoms with Crippen LogP contribution in [-0.2, 0) is 6.42 Å². The molecule has 1 N–H and O–H groups in total. The molecule has 3 heterocycles. The lowest BCUT2D eigenvalue weighted by molar-refractivity contribution is 0.0914. The Bertz CT molecular complexity index is 781. The highest BCUT2D eigenvalue weighted by atomic mass is 16.5. The third-order valence-corrected chi connectivity index (χ3v) is 5.22. The summed E-state index contributed by atoms with van der Waals surface area (Å²) in [5.41, 5.74) is 3.01. The number of likely N-dealkylation sites (tertiary alicyclic amines) is 1. The van der Waals surface area contributed by atoms with Crippen LogP contribution in [0.5, 0.6) is 0 Å². The maximum Gasteiger partial charge on any atom is 0.259 e. The molecule has 0 aromatic carbocycles. The molecule has 0 radical (unpaired) electrons. The number of carbonyl (C=O) groups excluding carboxylic acids is 1. The zero-order chi connectivity index (χ0) is 17.4. The van der Waals surface area contributed by atoms with Gasteiger partial charge in [-0.3, -0.25) is 4.79 Å². The first-order valence-corrected chi connectivity index (χ1v) is 9.44. The smallest absolute Gasteiger partial charge is 0.259 e. The normalized spacial score (nSPS) is 21.6. The van der Waals surface area contributed by atoms with Gasteiger partial charge in [-0.15, -0.1) is 0 Å². The van der Waals surface area contributed by atoms with Crippen LogP contribution in [0, 0.1) is 0 Å². The molecule has 6 nitrogen and oxygen atoms in total. The van der Waals surface area contributed by atoms with Gasteiger partial charge in [0.2, 0.25) is 0 Å². The lowest BCUT2D eigenvalue weighted by Crippen LogP contribution is -2.46. The van der Waals surface area contributed by atoms with Crippen molar-refractivity contribution in [1.29, 1.82) is 0 Å². The number of carbonyl (C=O) groups is 1. The topological polar surface area (TPSA) is 71.3 Å². The van der Waals surface area contributed by atoms with Crippen molar-refractivity contribution in [2.75, 3.05) is 20.1 Å². The molecule has 1 aliphatic carbocycles. The summed E-state index contributed by atoms with van der Waals surface area (Å²) >= 11 is 0. The molecular weight excluding hydrogens is 316 g/mol. The Hall–Kier alpha value is -1.95. The number of rotatable bonds is 5. The standard InChI is InChI=1S/C19H26N4O2/c1-3-5-15-17-14(18(24)20-13-6-4-9-23(2)11-13)10-16(12-7-8-12)21-19(17)25-22-15/h10,12-13H,3-9,11H2,1-2H3,(H,20,24). The molecule has 1 atom stereocenters. The van der Waals surface area contributed by atoms with Gasteiger partial charge in [0.05, 0.1) is 16.6 Å². The Morgan fingerprint density at radius 1 is 1.40 bits per heavy atom. The molecule has 2 fully saturated rings. The van der Waals surface area contributed by atoms with Gasteiger partial charge in [-0.2, -0.15) is 0 Å². The third kappa shape index (κ3) is 3.40. The van der Waals surface area contributed by atoms with Gasteiger partial charge in [-0.1, -0.05) is 18.5 Å². The molecule has 1 unspecified atom stereocenters. The summed E-state index contributed by atoms with van der Waals surface area (Å²) in [6, 6.07) is 2.17. The van der Waals surface area contributed by atoms with Gasteiger partial charge < -0.3 is 14.7 Å². The summed E-state index contributed by atoms with van der Waals surface area (Å²) in [5, 5.41) is 8.21. The summed E-state index contributed by atoms with van der Waals surface area (Å²) in [6.45, 7) is 4.11. The fraction of sp³-hybridized carbons (Fsp3) is 0.632. The summed E-state index contributed by atoms with van der Waals surface area (Å²) in [7, 11) is 2.10. The Balaban J connectivity index is 1.67. The number of pyridine rings is 1. The number of nitrogens with zero attached hydrogens (tertiary/aromatic N) is 3. The molecule has 1 saturated carbocycles. The van der Waals surface area contributed by atoms with Crippen molar-refractivity contribution < 1.29 is 9.32 Å². The second kappa shape index (κ2) is 6.75. The molecule has 4 rings (SSSR count). The number of hydrogen-bond acceptors (Lipinski definition) is 5. The Morgan fingerprint density at radius 2 is 2.24 bits per heavy atom. The number of nitrogens with one attached hydrogen (secondary N) is 1. The summed E-state index contributed by atoms with van der Waals surface area (Å²) in [4.78, 5) is 20.0. The van der Waals surface area contributed by atoms with E-state index in [0.29, 0.717) is 17.2 Å². The van der Waals surface area contributed by atoms with Gasteiger partial charge in [0.15, 0.2) is 0 Å². The van der Waals surface area contributed by atoms with Crippen molar-refractivity contribution in [2.24, 2.45) is 0 Å². The lowest BCUT2D eigenvalue weighted by Gasteiger charge is -2.30. The first kappa shape index (κ1) is 16.5. The Labute approximate surface area is 148 Å². The Kier molecular flexibility index (Phi) is 4.46. The molecule has 0 spiro atoms. The van der Waals surface area contributed by atoms with E-state index >= 15 is 0 Å². The van der Waals surface area contributed by atoms with E-state index in [0.717, 1.165) is 68.4 Å². The largest absolute Gasteiger partial charge is 0.348 e. The van der Waals surface area contributed by atoms with Gasteiger partial charge in [0, 0.05) is 24.2 Å². The van der Waals surface area contributed by atoms with E-state index in [-0.39, 0.29) is 11.9 Å². The van der Waals surface area contributed by atoms with Crippen molar-refractivity contribution in [3.05, 3.63) is 23.0 Å². The maximum atomic E-state index is 13.1. The molecule has 2 aromatic heterocycles. The lowest BCUT2D eigenvalue weighted by atomic mass is 10.0. The van der Waals surface area contributed by atoms with E-state index in [2.05, 4.69) is 34.3 Å². The van der Waals surface area contributed by atoms with E-state index in [1.807, 2.05) is 6.07 Å². The summed E-state index contributed by atoms with van der Waals surface area (Å²) in [6.07, 6.45) is 6.19. The van der Waals surface area contributed by atoms with Crippen molar-refractivity contribution in [3.63, 3.8) is 0 Å². The first-order chi connectivity index (χ1) is 12.2. The molecule has 1 aliphatic heterocycles. The van der Waals surface area contributed by atoms with Crippen molar-refractivity contribution in [1.82, 2.24) is 20.4 Å². The molecule has 134 valence electrons. The van der Waals surface area contributed by atoms with E-state index in [9.17, 15) is 4.79 Å². The first-order valence-electron chi connectivity index (χ1n) is 9.44. The van der Waals surface area contributed by atoms with Crippen LogP contribution in [0.1, 0.15) is 66.7 Å². The number of hydrogen-bond donors (Lipinski definition) is 1.